The molecule has 2 unspecified atom stereocenters. The molecule has 2 N–H and O–H groups in total. The summed E-state index contributed by atoms with van der Waals surface area (Å²) in [6.07, 6.45) is 8.31. The van der Waals surface area contributed by atoms with E-state index in [1.807, 2.05) is 4.52 Å². The molecule has 20 heavy (non-hydrogen) atoms. The Bertz CT molecular complexity index is 629. The summed E-state index contributed by atoms with van der Waals surface area (Å²) in [6, 6.07) is 0. The highest BCUT2D eigenvalue weighted by molar-refractivity contribution is 7.16. The maximum atomic E-state index is 6.65. The van der Waals surface area contributed by atoms with E-state index in [9.17, 15) is 0 Å². The van der Waals surface area contributed by atoms with Crippen molar-refractivity contribution < 1.29 is 0 Å². The third-order valence-electron chi connectivity index (χ3n) is 4.94. The van der Waals surface area contributed by atoms with E-state index in [2.05, 4.69) is 17.1 Å². The van der Waals surface area contributed by atoms with Crippen molar-refractivity contribution in [1.82, 2.24) is 19.8 Å². The minimum absolute atomic E-state index is 0.250. The van der Waals surface area contributed by atoms with Crippen LogP contribution in [0.15, 0.2) is 0 Å². The second kappa shape index (κ2) is 4.49. The van der Waals surface area contributed by atoms with E-state index in [0.29, 0.717) is 11.8 Å². The van der Waals surface area contributed by atoms with E-state index < -0.39 is 0 Å². The first-order chi connectivity index (χ1) is 9.66. The molecule has 0 amide bonds. The average Bonchev–Trinajstić information content (AvgIpc) is 2.89. The highest BCUT2D eigenvalue weighted by Gasteiger charge is 2.37. The third-order valence-corrected chi connectivity index (χ3v) is 6.06. The summed E-state index contributed by atoms with van der Waals surface area (Å²) in [5, 5.41) is 14.5. The average molecular weight is 291 g/mol. The van der Waals surface area contributed by atoms with Gasteiger partial charge < -0.3 is 5.73 Å². The van der Waals surface area contributed by atoms with Gasteiger partial charge in [0, 0.05) is 5.92 Å². The van der Waals surface area contributed by atoms with Crippen molar-refractivity contribution in [2.24, 2.45) is 11.7 Å². The molecule has 0 radical (unpaired) electrons. The van der Waals surface area contributed by atoms with Gasteiger partial charge in [-0.15, -0.1) is 10.2 Å². The van der Waals surface area contributed by atoms with Crippen molar-refractivity contribution in [3.63, 3.8) is 0 Å². The van der Waals surface area contributed by atoms with Gasteiger partial charge in [-0.1, -0.05) is 37.5 Å². The minimum Gasteiger partial charge on any atom is -0.319 e. The van der Waals surface area contributed by atoms with Crippen molar-refractivity contribution >= 4 is 16.3 Å². The molecule has 2 aromatic heterocycles. The molecule has 0 saturated heterocycles. The zero-order valence-electron chi connectivity index (χ0n) is 11.9. The van der Waals surface area contributed by atoms with Gasteiger partial charge in [-0.2, -0.15) is 9.61 Å². The van der Waals surface area contributed by atoms with E-state index >= 15 is 0 Å². The first kappa shape index (κ1) is 12.7. The molecule has 0 spiro atoms. The molecule has 2 saturated carbocycles. The number of hydrogen-bond acceptors (Lipinski definition) is 5. The molecule has 0 aromatic carbocycles. The quantitative estimate of drug-likeness (QED) is 0.923. The molecular weight excluding hydrogens is 270 g/mol. The van der Waals surface area contributed by atoms with Crippen LogP contribution in [0.25, 0.3) is 4.96 Å². The summed E-state index contributed by atoms with van der Waals surface area (Å²) < 4.78 is 1.96. The van der Waals surface area contributed by atoms with Crippen molar-refractivity contribution in [2.75, 3.05) is 0 Å². The highest BCUT2D eigenvalue weighted by atomic mass is 32.1. The maximum absolute atomic E-state index is 6.65. The first-order valence-corrected chi connectivity index (χ1v) is 8.49. The molecule has 2 aliphatic carbocycles. The molecule has 4 rings (SSSR count). The minimum atomic E-state index is -0.250. The van der Waals surface area contributed by atoms with Crippen LogP contribution in [0.2, 0.25) is 0 Å². The van der Waals surface area contributed by atoms with Crippen LogP contribution >= 0.6 is 11.3 Å². The summed E-state index contributed by atoms with van der Waals surface area (Å²) >= 11 is 1.63. The lowest BCUT2D eigenvalue weighted by Crippen LogP contribution is -2.41. The van der Waals surface area contributed by atoms with Crippen LogP contribution in [0.5, 0.6) is 0 Å². The topological polar surface area (TPSA) is 69.1 Å². The lowest BCUT2D eigenvalue weighted by atomic mass is 9.77. The Balaban J connectivity index is 1.71. The molecule has 2 atom stereocenters. The molecule has 2 aromatic rings. The Hall–Kier alpha value is -1.01. The van der Waals surface area contributed by atoms with Gasteiger partial charge in [0.15, 0.2) is 5.82 Å². The predicted molar refractivity (Wildman–Crippen MR) is 78.7 cm³/mol. The number of fused-ring (bicyclic) bond motifs is 1. The van der Waals surface area contributed by atoms with Crippen LogP contribution < -0.4 is 5.73 Å². The standard InChI is InChI=1S/C14H21N5S/c1-9-4-3-7-14(15,8-9)12-18-19-11(10-5-2-6-10)16-17-13(19)20-12/h9-10H,2-8,15H2,1H3. The highest BCUT2D eigenvalue weighted by Crippen LogP contribution is 2.40. The SMILES string of the molecule is CC1CCCC(N)(c2nn3c(C4CCC4)nnc3s2)C1. The van der Waals surface area contributed by atoms with Crippen LogP contribution in [-0.2, 0) is 5.54 Å². The lowest BCUT2D eigenvalue weighted by molar-refractivity contribution is 0.237. The second-order valence-electron chi connectivity index (χ2n) is 6.65. The van der Waals surface area contributed by atoms with Gasteiger partial charge in [-0.05, 0) is 31.6 Å². The van der Waals surface area contributed by atoms with Crippen molar-refractivity contribution in [3.8, 4) is 0 Å². The molecule has 6 heteroatoms. The van der Waals surface area contributed by atoms with Gasteiger partial charge in [0.25, 0.3) is 0 Å². The monoisotopic (exact) mass is 291 g/mol. The Labute approximate surface area is 122 Å². The third kappa shape index (κ3) is 1.89. The van der Waals surface area contributed by atoms with Crippen LogP contribution in [-0.4, -0.2) is 19.8 Å². The van der Waals surface area contributed by atoms with Gasteiger partial charge in [0.2, 0.25) is 4.96 Å². The van der Waals surface area contributed by atoms with Crippen molar-refractivity contribution in [1.29, 1.82) is 0 Å². The molecule has 2 aliphatic rings. The summed E-state index contributed by atoms with van der Waals surface area (Å²) in [5.74, 6) is 2.29. The van der Waals surface area contributed by atoms with Crippen LogP contribution in [0.1, 0.15) is 68.6 Å². The zero-order chi connectivity index (χ0) is 13.7. The van der Waals surface area contributed by atoms with Crippen LogP contribution in [0.4, 0.5) is 0 Å². The van der Waals surface area contributed by atoms with Crippen LogP contribution in [0.3, 0.4) is 0 Å². The predicted octanol–water partition coefficient (Wildman–Crippen LogP) is 2.82. The molecule has 2 heterocycles. The fraction of sp³-hybridized carbons (Fsp3) is 0.786. The van der Waals surface area contributed by atoms with Gasteiger partial charge in [-0.3, -0.25) is 0 Å². The number of nitrogens with zero attached hydrogens (tertiary/aromatic N) is 4. The van der Waals surface area contributed by atoms with Gasteiger partial charge in [0.1, 0.15) is 5.01 Å². The van der Waals surface area contributed by atoms with E-state index in [4.69, 9.17) is 10.8 Å². The number of aromatic nitrogens is 4. The zero-order valence-corrected chi connectivity index (χ0v) is 12.7. The second-order valence-corrected chi connectivity index (χ2v) is 7.60. The Kier molecular flexibility index (Phi) is 2.86. The molecular formula is C14H21N5S. The molecule has 0 bridgehead atoms. The maximum Gasteiger partial charge on any atom is 0.234 e. The fourth-order valence-electron chi connectivity index (χ4n) is 3.54. The smallest absolute Gasteiger partial charge is 0.234 e. The van der Waals surface area contributed by atoms with E-state index in [1.165, 1.54) is 32.1 Å². The summed E-state index contributed by atoms with van der Waals surface area (Å²) in [5.41, 5.74) is 6.40. The van der Waals surface area contributed by atoms with Crippen molar-refractivity contribution in [2.45, 2.75) is 63.3 Å². The molecule has 0 aliphatic heterocycles. The van der Waals surface area contributed by atoms with E-state index in [-0.39, 0.29) is 5.54 Å². The van der Waals surface area contributed by atoms with Crippen LogP contribution in [0, 0.1) is 5.92 Å². The van der Waals surface area contributed by atoms with E-state index in [0.717, 1.165) is 28.6 Å². The first-order valence-electron chi connectivity index (χ1n) is 7.67. The Morgan fingerprint density at radius 1 is 1.25 bits per heavy atom. The molecule has 5 nitrogen and oxygen atoms in total. The summed E-state index contributed by atoms with van der Waals surface area (Å²) in [6.45, 7) is 2.29. The van der Waals surface area contributed by atoms with E-state index in [1.54, 1.807) is 11.3 Å². The normalized spacial score (nSPS) is 31.6. The number of nitrogens with two attached hydrogens (primary N) is 1. The number of hydrogen-bond donors (Lipinski definition) is 1. The Morgan fingerprint density at radius 2 is 2.10 bits per heavy atom. The lowest BCUT2D eigenvalue weighted by Gasteiger charge is -2.34. The summed E-state index contributed by atoms with van der Waals surface area (Å²) in [7, 11) is 0. The molecule has 108 valence electrons. The van der Waals surface area contributed by atoms with Gasteiger partial charge in [0.05, 0.1) is 5.54 Å². The summed E-state index contributed by atoms with van der Waals surface area (Å²) in [4.78, 5) is 0.907. The van der Waals surface area contributed by atoms with Gasteiger partial charge in [-0.25, -0.2) is 0 Å². The Morgan fingerprint density at radius 3 is 2.80 bits per heavy atom. The van der Waals surface area contributed by atoms with Crippen molar-refractivity contribution in [3.05, 3.63) is 10.8 Å². The largest absolute Gasteiger partial charge is 0.319 e. The number of rotatable bonds is 2. The fourth-order valence-corrected chi connectivity index (χ4v) is 4.53. The van der Waals surface area contributed by atoms with Gasteiger partial charge >= 0.3 is 0 Å². The molecule has 2 fully saturated rings.